The van der Waals surface area contributed by atoms with Crippen LogP contribution in [0.1, 0.15) is 47.3 Å². The lowest BCUT2D eigenvalue weighted by atomic mass is 9.94. The van der Waals surface area contributed by atoms with Gasteiger partial charge in [0.25, 0.3) is 0 Å². The van der Waals surface area contributed by atoms with Crippen LogP contribution in [0.4, 0.5) is 13.2 Å². The molecule has 2 N–H and O–H groups in total. The molecule has 1 atom stereocenters. The molecule has 3 rings (SSSR count). The van der Waals surface area contributed by atoms with Crippen molar-refractivity contribution < 1.29 is 13.2 Å². The van der Waals surface area contributed by atoms with E-state index in [1.54, 1.807) is 13.0 Å². The lowest BCUT2D eigenvalue weighted by Gasteiger charge is -2.18. The Bertz CT molecular complexity index is 946. The number of aromatic nitrogens is 3. The molecule has 0 aliphatic heterocycles. The molecule has 0 aliphatic carbocycles. The number of benzene rings is 1. The van der Waals surface area contributed by atoms with Crippen LogP contribution in [0.25, 0.3) is 10.9 Å². The standard InChI is InChI=1S/C21H25F3N4/c1-13(11-25-9-5-6-16-12-26-28-15(16)3)18-10-14(2)27-20-17(18)7-4-8-19(20)21(22,23)24/h4,7-8,10,12-13,25H,5-6,9,11H2,1-3H3,(H,26,28). The highest BCUT2D eigenvalue weighted by Crippen LogP contribution is 2.36. The topological polar surface area (TPSA) is 53.6 Å². The smallest absolute Gasteiger partial charge is 0.316 e. The van der Waals surface area contributed by atoms with Crippen LogP contribution >= 0.6 is 0 Å². The largest absolute Gasteiger partial charge is 0.418 e. The van der Waals surface area contributed by atoms with E-state index < -0.39 is 11.7 Å². The van der Waals surface area contributed by atoms with Gasteiger partial charge in [-0.25, -0.2) is 0 Å². The highest BCUT2D eigenvalue weighted by Gasteiger charge is 2.33. The number of rotatable bonds is 7. The van der Waals surface area contributed by atoms with Gasteiger partial charge < -0.3 is 5.32 Å². The number of pyridine rings is 1. The minimum atomic E-state index is -4.41. The van der Waals surface area contributed by atoms with Crippen molar-refractivity contribution in [2.24, 2.45) is 0 Å². The quantitative estimate of drug-likeness (QED) is 0.563. The Balaban J connectivity index is 1.69. The molecule has 0 fully saturated rings. The molecule has 2 heterocycles. The van der Waals surface area contributed by atoms with Crippen molar-refractivity contribution in [1.82, 2.24) is 20.5 Å². The van der Waals surface area contributed by atoms with Crippen LogP contribution in [0, 0.1) is 13.8 Å². The number of alkyl halides is 3. The van der Waals surface area contributed by atoms with Gasteiger partial charge in [-0.2, -0.15) is 18.3 Å². The number of halogens is 3. The highest BCUT2D eigenvalue weighted by atomic mass is 19.4. The molecule has 3 aromatic rings. The summed E-state index contributed by atoms with van der Waals surface area (Å²) in [6.45, 7) is 7.30. The van der Waals surface area contributed by atoms with Crippen molar-refractivity contribution in [1.29, 1.82) is 0 Å². The average Bonchev–Trinajstić information content (AvgIpc) is 3.04. The zero-order valence-electron chi connectivity index (χ0n) is 16.3. The Morgan fingerprint density at radius 1 is 1.21 bits per heavy atom. The van der Waals surface area contributed by atoms with E-state index in [0.29, 0.717) is 17.6 Å². The van der Waals surface area contributed by atoms with Gasteiger partial charge in [-0.05, 0) is 62.4 Å². The predicted molar refractivity (Wildman–Crippen MR) is 104 cm³/mol. The van der Waals surface area contributed by atoms with Crippen LogP contribution in [0.3, 0.4) is 0 Å². The molecule has 0 saturated heterocycles. The third kappa shape index (κ3) is 4.52. The van der Waals surface area contributed by atoms with Gasteiger partial charge in [-0.3, -0.25) is 10.1 Å². The van der Waals surface area contributed by atoms with E-state index in [2.05, 4.69) is 20.5 Å². The van der Waals surface area contributed by atoms with Gasteiger partial charge in [0.2, 0.25) is 0 Å². The van der Waals surface area contributed by atoms with Gasteiger partial charge in [0.1, 0.15) is 0 Å². The van der Waals surface area contributed by atoms with Crippen LogP contribution in [-0.4, -0.2) is 28.3 Å². The van der Waals surface area contributed by atoms with Crippen LogP contribution in [0.5, 0.6) is 0 Å². The zero-order chi connectivity index (χ0) is 20.3. The van der Waals surface area contributed by atoms with Gasteiger partial charge >= 0.3 is 6.18 Å². The average molecular weight is 390 g/mol. The number of nitrogens with zero attached hydrogens (tertiary/aromatic N) is 2. The fourth-order valence-corrected chi connectivity index (χ4v) is 3.50. The van der Waals surface area contributed by atoms with Gasteiger partial charge in [0.15, 0.2) is 0 Å². The zero-order valence-corrected chi connectivity index (χ0v) is 16.3. The Hall–Kier alpha value is -2.41. The van der Waals surface area contributed by atoms with Crippen molar-refractivity contribution in [3.63, 3.8) is 0 Å². The maximum Gasteiger partial charge on any atom is 0.418 e. The summed E-state index contributed by atoms with van der Waals surface area (Å²) in [7, 11) is 0. The molecular weight excluding hydrogens is 365 g/mol. The summed E-state index contributed by atoms with van der Waals surface area (Å²) in [5.41, 5.74) is 3.16. The number of H-pyrrole nitrogens is 1. The molecule has 0 saturated carbocycles. The summed E-state index contributed by atoms with van der Waals surface area (Å²) in [5.74, 6) is 0.0725. The van der Waals surface area contributed by atoms with Crippen molar-refractivity contribution in [3.05, 3.63) is 58.5 Å². The van der Waals surface area contributed by atoms with Crippen molar-refractivity contribution >= 4 is 10.9 Å². The molecule has 0 spiro atoms. The van der Waals surface area contributed by atoms with Crippen LogP contribution < -0.4 is 5.32 Å². The number of nitrogens with one attached hydrogen (secondary N) is 2. The van der Waals surface area contributed by atoms with Crippen LogP contribution in [-0.2, 0) is 12.6 Å². The molecule has 0 radical (unpaired) electrons. The summed E-state index contributed by atoms with van der Waals surface area (Å²) >= 11 is 0. The van der Waals surface area contributed by atoms with Crippen molar-refractivity contribution in [3.8, 4) is 0 Å². The highest BCUT2D eigenvalue weighted by molar-refractivity contribution is 5.86. The van der Waals surface area contributed by atoms with E-state index in [9.17, 15) is 13.2 Å². The first-order valence-corrected chi connectivity index (χ1v) is 9.44. The fourth-order valence-electron chi connectivity index (χ4n) is 3.50. The summed E-state index contributed by atoms with van der Waals surface area (Å²) in [5, 5.41) is 10.9. The normalized spacial score (nSPS) is 13.2. The first-order chi connectivity index (χ1) is 13.3. The second-order valence-electron chi connectivity index (χ2n) is 7.28. The lowest BCUT2D eigenvalue weighted by Crippen LogP contribution is -2.22. The van der Waals surface area contributed by atoms with Gasteiger partial charge in [0, 0.05) is 23.3 Å². The van der Waals surface area contributed by atoms with E-state index in [-0.39, 0.29) is 11.4 Å². The monoisotopic (exact) mass is 390 g/mol. The van der Waals surface area contributed by atoms with E-state index in [1.165, 1.54) is 11.6 Å². The lowest BCUT2D eigenvalue weighted by molar-refractivity contribution is -0.136. The van der Waals surface area contributed by atoms with E-state index in [1.807, 2.05) is 26.1 Å². The van der Waals surface area contributed by atoms with E-state index in [4.69, 9.17) is 0 Å². The first-order valence-electron chi connectivity index (χ1n) is 9.44. The Labute approximate surface area is 162 Å². The number of aromatic amines is 1. The van der Waals surface area contributed by atoms with Gasteiger partial charge in [-0.15, -0.1) is 0 Å². The maximum atomic E-state index is 13.4. The van der Waals surface area contributed by atoms with Crippen molar-refractivity contribution in [2.75, 3.05) is 13.1 Å². The molecule has 0 amide bonds. The molecule has 1 aromatic carbocycles. The summed E-state index contributed by atoms with van der Waals surface area (Å²) in [6, 6.07) is 6.17. The third-order valence-corrected chi connectivity index (χ3v) is 5.02. The summed E-state index contributed by atoms with van der Waals surface area (Å²) in [6.07, 6.45) is -0.649. The maximum absolute atomic E-state index is 13.4. The number of hydrogen-bond acceptors (Lipinski definition) is 3. The first kappa shape index (κ1) is 20.3. The Morgan fingerprint density at radius 2 is 2.00 bits per heavy atom. The molecule has 2 aromatic heterocycles. The molecule has 7 heteroatoms. The second kappa shape index (κ2) is 8.31. The molecule has 1 unspecified atom stereocenters. The minimum Gasteiger partial charge on any atom is -0.316 e. The number of fused-ring (bicyclic) bond motifs is 1. The van der Waals surface area contributed by atoms with Gasteiger partial charge in [-0.1, -0.05) is 19.1 Å². The van der Waals surface area contributed by atoms with Crippen LogP contribution in [0.2, 0.25) is 0 Å². The second-order valence-corrected chi connectivity index (χ2v) is 7.28. The number of hydrogen-bond donors (Lipinski definition) is 2. The number of aryl methyl sites for hydroxylation is 3. The molecule has 28 heavy (non-hydrogen) atoms. The number of para-hydroxylation sites is 1. The Kier molecular flexibility index (Phi) is 6.03. The van der Waals surface area contributed by atoms with Crippen LogP contribution in [0.15, 0.2) is 30.5 Å². The minimum absolute atomic E-state index is 0.0345. The molecule has 0 bridgehead atoms. The van der Waals surface area contributed by atoms with Gasteiger partial charge in [0.05, 0.1) is 17.3 Å². The third-order valence-electron chi connectivity index (χ3n) is 5.02. The SMILES string of the molecule is Cc1cc(C(C)CNCCCc2cn[nH]c2C)c2cccc(C(F)(F)F)c2n1. The van der Waals surface area contributed by atoms with E-state index in [0.717, 1.165) is 36.7 Å². The predicted octanol–water partition coefficient (Wildman–Crippen LogP) is 4.92. The molecule has 4 nitrogen and oxygen atoms in total. The van der Waals surface area contributed by atoms with E-state index >= 15 is 0 Å². The molecule has 0 aliphatic rings. The van der Waals surface area contributed by atoms with Crippen molar-refractivity contribution in [2.45, 2.75) is 45.7 Å². The Morgan fingerprint density at radius 3 is 2.68 bits per heavy atom. The molecular formula is C21H25F3N4. The molecule has 150 valence electrons. The fraction of sp³-hybridized carbons (Fsp3) is 0.429. The summed E-state index contributed by atoms with van der Waals surface area (Å²) in [4.78, 5) is 4.18. The summed E-state index contributed by atoms with van der Waals surface area (Å²) < 4.78 is 40.1.